The second-order valence-corrected chi connectivity index (χ2v) is 6.90. The second kappa shape index (κ2) is 8.52. The Morgan fingerprint density at radius 1 is 1.20 bits per heavy atom. The maximum absolute atomic E-state index is 14.0. The van der Waals surface area contributed by atoms with E-state index in [1.807, 2.05) is 19.2 Å². The molecule has 3 rings (SSSR count). The van der Waals surface area contributed by atoms with Crippen LogP contribution in [0, 0.1) is 11.7 Å². The Labute approximate surface area is 150 Å². The van der Waals surface area contributed by atoms with Crippen molar-refractivity contribution < 1.29 is 4.39 Å². The zero-order valence-corrected chi connectivity index (χ0v) is 15.4. The van der Waals surface area contributed by atoms with E-state index < -0.39 is 0 Å². The maximum Gasteiger partial charge on any atom is 0.193 e. The minimum Gasteiger partial charge on any atom is -0.366 e. The molecule has 138 valence electrons. The van der Waals surface area contributed by atoms with Gasteiger partial charge in [-0.25, -0.2) is 4.39 Å². The summed E-state index contributed by atoms with van der Waals surface area (Å²) in [4.78, 5) is 11.4. The summed E-state index contributed by atoms with van der Waals surface area (Å²) in [7, 11) is 1.85. The molecule has 25 heavy (non-hydrogen) atoms. The number of rotatable bonds is 4. The van der Waals surface area contributed by atoms with Gasteiger partial charge in [-0.1, -0.05) is 19.1 Å². The fourth-order valence-corrected chi connectivity index (χ4v) is 3.80. The van der Waals surface area contributed by atoms with Gasteiger partial charge < -0.3 is 20.0 Å². The van der Waals surface area contributed by atoms with Crippen LogP contribution < -0.4 is 10.2 Å². The lowest BCUT2D eigenvalue weighted by Crippen LogP contribution is -2.53. The summed E-state index contributed by atoms with van der Waals surface area (Å²) < 4.78 is 14.0. The number of halogens is 1. The van der Waals surface area contributed by atoms with Crippen LogP contribution in [0.4, 0.5) is 10.1 Å². The van der Waals surface area contributed by atoms with Gasteiger partial charge in [-0.05, 0) is 37.6 Å². The van der Waals surface area contributed by atoms with E-state index in [1.165, 1.54) is 25.6 Å². The minimum atomic E-state index is -0.139. The van der Waals surface area contributed by atoms with Crippen LogP contribution in [0.3, 0.4) is 0 Å². The summed E-state index contributed by atoms with van der Waals surface area (Å²) in [5.74, 6) is 1.54. The molecule has 0 saturated carbocycles. The molecule has 1 unspecified atom stereocenters. The lowest BCUT2D eigenvalue weighted by molar-refractivity contribution is 0.337. The third-order valence-corrected chi connectivity index (χ3v) is 5.35. The standard InChI is InChI=1S/C19H30FN5/c1-3-23-9-8-16(15-23)14-22-19(21-2)25-12-10-24(11-13-25)18-7-5-4-6-17(18)20/h4-7,16H,3,8-15H2,1-2H3,(H,21,22). The quantitative estimate of drug-likeness (QED) is 0.666. The predicted octanol–water partition coefficient (Wildman–Crippen LogP) is 1.86. The minimum absolute atomic E-state index is 0.139. The Bertz CT molecular complexity index is 583. The summed E-state index contributed by atoms with van der Waals surface area (Å²) in [6.45, 7) is 10.1. The smallest absolute Gasteiger partial charge is 0.193 e. The molecule has 6 heteroatoms. The average Bonchev–Trinajstić information content (AvgIpc) is 3.11. The molecule has 2 fully saturated rings. The number of hydrogen-bond donors (Lipinski definition) is 1. The Balaban J connectivity index is 1.48. The van der Waals surface area contributed by atoms with Crippen molar-refractivity contribution in [3.05, 3.63) is 30.1 Å². The van der Waals surface area contributed by atoms with Crippen LogP contribution in [0.25, 0.3) is 0 Å². The topological polar surface area (TPSA) is 34.1 Å². The van der Waals surface area contributed by atoms with Crippen LogP contribution in [0.5, 0.6) is 0 Å². The molecule has 1 aromatic carbocycles. The van der Waals surface area contributed by atoms with E-state index in [-0.39, 0.29) is 5.82 Å². The maximum atomic E-state index is 14.0. The van der Waals surface area contributed by atoms with E-state index in [9.17, 15) is 4.39 Å². The number of benzene rings is 1. The average molecular weight is 347 g/mol. The van der Waals surface area contributed by atoms with Gasteiger partial charge in [0.25, 0.3) is 0 Å². The molecule has 2 aliphatic rings. The number of nitrogens with zero attached hydrogens (tertiary/aromatic N) is 4. The molecule has 0 aromatic heterocycles. The summed E-state index contributed by atoms with van der Waals surface area (Å²) in [5, 5.41) is 3.55. The molecule has 0 amide bonds. The van der Waals surface area contributed by atoms with E-state index in [4.69, 9.17) is 0 Å². The van der Waals surface area contributed by atoms with Crippen molar-refractivity contribution in [1.82, 2.24) is 15.1 Å². The van der Waals surface area contributed by atoms with Gasteiger partial charge in [-0.3, -0.25) is 4.99 Å². The summed E-state index contributed by atoms with van der Waals surface area (Å²) in [5.41, 5.74) is 0.704. The third kappa shape index (κ3) is 4.42. The molecule has 0 spiro atoms. The number of likely N-dealkylation sites (tertiary alicyclic amines) is 1. The molecular formula is C19H30FN5. The first kappa shape index (κ1) is 18.0. The van der Waals surface area contributed by atoms with Crippen molar-refractivity contribution in [3.63, 3.8) is 0 Å². The van der Waals surface area contributed by atoms with Crippen LogP contribution in [0.2, 0.25) is 0 Å². The zero-order chi connectivity index (χ0) is 17.6. The molecule has 1 aromatic rings. The molecular weight excluding hydrogens is 317 g/mol. The Kier molecular flexibility index (Phi) is 6.13. The Morgan fingerprint density at radius 2 is 1.96 bits per heavy atom. The summed E-state index contributed by atoms with van der Waals surface area (Å²) in [6, 6.07) is 7.02. The fraction of sp³-hybridized carbons (Fsp3) is 0.632. The van der Waals surface area contributed by atoms with Crippen LogP contribution in [0.15, 0.2) is 29.3 Å². The van der Waals surface area contributed by atoms with Crippen molar-refractivity contribution in [3.8, 4) is 0 Å². The van der Waals surface area contributed by atoms with Crippen molar-refractivity contribution in [2.75, 3.05) is 64.3 Å². The van der Waals surface area contributed by atoms with E-state index >= 15 is 0 Å². The van der Waals surface area contributed by atoms with E-state index in [0.717, 1.165) is 45.2 Å². The molecule has 2 aliphatic heterocycles. The summed E-state index contributed by atoms with van der Waals surface area (Å²) in [6.07, 6.45) is 1.26. The number of hydrogen-bond acceptors (Lipinski definition) is 3. The molecule has 2 saturated heterocycles. The van der Waals surface area contributed by atoms with Crippen molar-refractivity contribution in [1.29, 1.82) is 0 Å². The van der Waals surface area contributed by atoms with Gasteiger partial charge in [0, 0.05) is 46.3 Å². The van der Waals surface area contributed by atoms with Crippen LogP contribution >= 0.6 is 0 Å². The first-order valence-electron chi connectivity index (χ1n) is 9.38. The highest BCUT2D eigenvalue weighted by atomic mass is 19.1. The van der Waals surface area contributed by atoms with Crippen LogP contribution in [-0.4, -0.2) is 75.2 Å². The highest BCUT2D eigenvalue weighted by molar-refractivity contribution is 5.80. The van der Waals surface area contributed by atoms with Crippen molar-refractivity contribution in [2.24, 2.45) is 10.9 Å². The van der Waals surface area contributed by atoms with Gasteiger partial charge in [-0.15, -0.1) is 0 Å². The SMILES string of the molecule is CCN1CCC(CNC(=NC)N2CCN(c3ccccc3F)CC2)C1. The Morgan fingerprint density at radius 3 is 2.60 bits per heavy atom. The first-order valence-corrected chi connectivity index (χ1v) is 9.38. The van der Waals surface area contributed by atoms with Gasteiger partial charge in [-0.2, -0.15) is 0 Å². The number of piperazine rings is 1. The van der Waals surface area contributed by atoms with Crippen molar-refractivity contribution in [2.45, 2.75) is 13.3 Å². The van der Waals surface area contributed by atoms with Gasteiger partial charge in [0.15, 0.2) is 5.96 Å². The molecule has 2 heterocycles. The largest absolute Gasteiger partial charge is 0.366 e. The number of aliphatic imine (C=N–C) groups is 1. The van der Waals surface area contributed by atoms with Gasteiger partial charge in [0.05, 0.1) is 5.69 Å². The molecule has 1 atom stereocenters. The predicted molar refractivity (Wildman–Crippen MR) is 102 cm³/mol. The monoisotopic (exact) mass is 347 g/mol. The van der Waals surface area contributed by atoms with Crippen LogP contribution in [0.1, 0.15) is 13.3 Å². The zero-order valence-electron chi connectivity index (χ0n) is 15.4. The number of para-hydroxylation sites is 1. The third-order valence-electron chi connectivity index (χ3n) is 5.35. The van der Waals surface area contributed by atoms with Gasteiger partial charge in [0.1, 0.15) is 5.82 Å². The molecule has 5 nitrogen and oxygen atoms in total. The fourth-order valence-electron chi connectivity index (χ4n) is 3.80. The Hall–Kier alpha value is -1.82. The van der Waals surface area contributed by atoms with E-state index in [2.05, 4.69) is 31.9 Å². The number of anilines is 1. The normalized spacial score (nSPS) is 22.5. The number of guanidine groups is 1. The summed E-state index contributed by atoms with van der Waals surface area (Å²) >= 11 is 0. The highest BCUT2D eigenvalue weighted by Crippen LogP contribution is 2.20. The number of nitrogens with one attached hydrogen (secondary N) is 1. The molecule has 0 radical (unpaired) electrons. The van der Waals surface area contributed by atoms with E-state index in [1.54, 1.807) is 6.07 Å². The molecule has 0 bridgehead atoms. The molecule has 1 N–H and O–H groups in total. The van der Waals surface area contributed by atoms with Gasteiger partial charge >= 0.3 is 0 Å². The molecule has 0 aliphatic carbocycles. The highest BCUT2D eigenvalue weighted by Gasteiger charge is 2.24. The lowest BCUT2D eigenvalue weighted by Gasteiger charge is -2.38. The first-order chi connectivity index (χ1) is 12.2. The van der Waals surface area contributed by atoms with Gasteiger partial charge in [0.2, 0.25) is 0 Å². The van der Waals surface area contributed by atoms with Crippen molar-refractivity contribution >= 4 is 11.6 Å². The van der Waals surface area contributed by atoms with E-state index in [0.29, 0.717) is 11.6 Å². The lowest BCUT2D eigenvalue weighted by atomic mass is 10.1. The van der Waals surface area contributed by atoms with Crippen LogP contribution in [-0.2, 0) is 0 Å². The second-order valence-electron chi connectivity index (χ2n) is 6.90.